The molecule has 2 aromatic carbocycles. The molecule has 0 aromatic heterocycles. The van der Waals surface area contributed by atoms with Crippen LogP contribution in [0.3, 0.4) is 0 Å². The van der Waals surface area contributed by atoms with Gasteiger partial charge in [-0.05, 0) is 43.0 Å². The molecule has 1 aliphatic carbocycles. The summed E-state index contributed by atoms with van der Waals surface area (Å²) in [5.74, 6) is -2.03. The SMILES string of the molecule is C[C@@H](O)[C@H](NC(=O)CC(C)(C)NC(=O)OCC1c2ccccc2-c2ccccc21)C(=O)O. The van der Waals surface area contributed by atoms with Crippen molar-refractivity contribution >= 4 is 18.0 Å². The smallest absolute Gasteiger partial charge is 0.407 e. The lowest BCUT2D eigenvalue weighted by atomic mass is 9.98. The highest BCUT2D eigenvalue weighted by molar-refractivity contribution is 5.85. The molecule has 0 unspecified atom stereocenters. The summed E-state index contributed by atoms with van der Waals surface area (Å²) in [6, 6.07) is 14.6. The summed E-state index contributed by atoms with van der Waals surface area (Å²) in [4.78, 5) is 35.8. The van der Waals surface area contributed by atoms with E-state index >= 15 is 0 Å². The molecule has 4 N–H and O–H groups in total. The number of benzene rings is 2. The Kier molecular flexibility index (Phi) is 6.84. The number of amides is 2. The minimum atomic E-state index is -1.42. The predicted octanol–water partition coefficient (Wildman–Crippen LogP) is 2.64. The second-order valence-corrected chi connectivity index (χ2v) is 8.64. The van der Waals surface area contributed by atoms with Gasteiger partial charge in [0.25, 0.3) is 0 Å². The van der Waals surface area contributed by atoms with Crippen molar-refractivity contribution in [2.24, 2.45) is 0 Å². The molecule has 0 saturated heterocycles. The van der Waals surface area contributed by atoms with Gasteiger partial charge in [0.15, 0.2) is 6.04 Å². The summed E-state index contributed by atoms with van der Waals surface area (Å²) in [7, 11) is 0. The monoisotopic (exact) mass is 440 g/mol. The largest absolute Gasteiger partial charge is 0.480 e. The molecule has 2 atom stereocenters. The fraction of sp³-hybridized carbons (Fsp3) is 0.375. The molecule has 0 fully saturated rings. The first kappa shape index (κ1) is 23.3. The lowest BCUT2D eigenvalue weighted by Crippen LogP contribution is -2.52. The zero-order chi connectivity index (χ0) is 23.5. The van der Waals surface area contributed by atoms with E-state index in [4.69, 9.17) is 9.84 Å². The van der Waals surface area contributed by atoms with E-state index < -0.39 is 35.7 Å². The molecule has 3 rings (SSSR count). The lowest BCUT2D eigenvalue weighted by molar-refractivity contribution is -0.145. The Balaban J connectivity index is 1.59. The first-order valence-corrected chi connectivity index (χ1v) is 10.4. The highest BCUT2D eigenvalue weighted by Crippen LogP contribution is 2.44. The van der Waals surface area contributed by atoms with E-state index in [1.165, 1.54) is 6.92 Å². The summed E-state index contributed by atoms with van der Waals surface area (Å²) < 4.78 is 5.50. The summed E-state index contributed by atoms with van der Waals surface area (Å²) in [6.45, 7) is 4.68. The highest BCUT2D eigenvalue weighted by Gasteiger charge is 2.32. The average molecular weight is 440 g/mol. The molecule has 8 nitrogen and oxygen atoms in total. The number of carbonyl (C=O) groups excluding carboxylic acids is 2. The van der Waals surface area contributed by atoms with Crippen molar-refractivity contribution in [2.45, 2.75) is 50.8 Å². The number of hydrogen-bond donors (Lipinski definition) is 4. The average Bonchev–Trinajstić information content (AvgIpc) is 3.03. The number of hydrogen-bond acceptors (Lipinski definition) is 5. The van der Waals surface area contributed by atoms with Crippen LogP contribution in [-0.2, 0) is 14.3 Å². The minimum absolute atomic E-state index is 0.0815. The third-order valence-corrected chi connectivity index (χ3v) is 5.45. The van der Waals surface area contributed by atoms with Crippen molar-refractivity contribution in [3.8, 4) is 11.1 Å². The quantitative estimate of drug-likeness (QED) is 0.500. The summed E-state index contributed by atoms with van der Waals surface area (Å²) in [5.41, 5.74) is 3.45. The highest BCUT2D eigenvalue weighted by atomic mass is 16.5. The van der Waals surface area contributed by atoms with Gasteiger partial charge in [-0.15, -0.1) is 0 Å². The maximum atomic E-state index is 12.5. The molecular weight excluding hydrogens is 412 g/mol. The summed E-state index contributed by atoms with van der Waals surface area (Å²) >= 11 is 0. The molecule has 0 bridgehead atoms. The molecule has 1 aliphatic rings. The number of ether oxygens (including phenoxy) is 1. The van der Waals surface area contributed by atoms with E-state index in [9.17, 15) is 19.5 Å². The van der Waals surface area contributed by atoms with Crippen molar-refractivity contribution in [3.05, 3.63) is 59.7 Å². The molecule has 0 aliphatic heterocycles. The fourth-order valence-electron chi connectivity index (χ4n) is 3.97. The van der Waals surface area contributed by atoms with Crippen molar-refractivity contribution in [3.63, 3.8) is 0 Å². The van der Waals surface area contributed by atoms with Crippen LogP contribution in [0.15, 0.2) is 48.5 Å². The van der Waals surface area contributed by atoms with Crippen molar-refractivity contribution in [1.29, 1.82) is 0 Å². The maximum absolute atomic E-state index is 12.5. The van der Waals surface area contributed by atoms with Gasteiger partial charge in [0.05, 0.1) is 6.10 Å². The first-order valence-electron chi connectivity index (χ1n) is 10.4. The normalized spacial score (nSPS) is 14.6. The molecule has 0 spiro atoms. The van der Waals surface area contributed by atoms with Crippen LogP contribution < -0.4 is 10.6 Å². The molecule has 8 heteroatoms. The Bertz CT molecular complexity index is 972. The number of rotatable bonds is 8. The van der Waals surface area contributed by atoms with Crippen LogP contribution in [-0.4, -0.2) is 52.5 Å². The van der Waals surface area contributed by atoms with Gasteiger partial charge < -0.3 is 25.6 Å². The van der Waals surface area contributed by atoms with Crippen LogP contribution in [0.2, 0.25) is 0 Å². The number of aliphatic hydroxyl groups excluding tert-OH is 1. The van der Waals surface area contributed by atoms with Gasteiger partial charge in [-0.25, -0.2) is 9.59 Å². The Labute approximate surface area is 186 Å². The Morgan fingerprint density at radius 2 is 1.56 bits per heavy atom. The Morgan fingerprint density at radius 1 is 1.03 bits per heavy atom. The van der Waals surface area contributed by atoms with Gasteiger partial charge in [-0.3, -0.25) is 4.79 Å². The van der Waals surface area contributed by atoms with Gasteiger partial charge in [0.1, 0.15) is 6.61 Å². The lowest BCUT2D eigenvalue weighted by Gasteiger charge is -2.27. The number of carboxylic acid groups (broad SMARTS) is 1. The van der Waals surface area contributed by atoms with Crippen molar-refractivity contribution < 1.29 is 29.3 Å². The Morgan fingerprint density at radius 3 is 2.06 bits per heavy atom. The van der Waals surface area contributed by atoms with Gasteiger partial charge in [-0.2, -0.15) is 0 Å². The third kappa shape index (κ3) is 5.26. The van der Waals surface area contributed by atoms with Crippen LogP contribution >= 0.6 is 0 Å². The van der Waals surface area contributed by atoms with Gasteiger partial charge in [0, 0.05) is 17.9 Å². The summed E-state index contributed by atoms with van der Waals surface area (Å²) in [5, 5.41) is 23.5. The molecule has 0 radical (unpaired) electrons. The molecule has 0 saturated carbocycles. The van der Waals surface area contributed by atoms with Crippen LogP contribution in [0.5, 0.6) is 0 Å². The number of carboxylic acids is 1. The number of alkyl carbamates (subject to hydrolysis) is 1. The van der Waals surface area contributed by atoms with E-state index in [1.54, 1.807) is 13.8 Å². The zero-order valence-electron chi connectivity index (χ0n) is 18.3. The molecule has 32 heavy (non-hydrogen) atoms. The van der Waals surface area contributed by atoms with E-state index in [1.807, 2.05) is 48.5 Å². The molecule has 0 heterocycles. The topological polar surface area (TPSA) is 125 Å². The zero-order valence-corrected chi connectivity index (χ0v) is 18.3. The van der Waals surface area contributed by atoms with Crippen LogP contribution in [0.25, 0.3) is 11.1 Å². The predicted molar refractivity (Wildman–Crippen MR) is 118 cm³/mol. The van der Waals surface area contributed by atoms with Crippen LogP contribution in [0.1, 0.15) is 44.2 Å². The standard InChI is InChI=1S/C24H28N2O6/c1-14(27)21(22(29)30)25-20(28)12-24(2,3)26-23(31)32-13-19-17-10-6-4-8-15(17)16-9-5-7-11-18(16)19/h4-11,14,19,21,27H,12-13H2,1-3H3,(H,25,28)(H,26,31)(H,29,30)/t14-,21+/m1/s1. The number of aliphatic carboxylic acids is 1. The van der Waals surface area contributed by atoms with E-state index in [2.05, 4.69) is 10.6 Å². The van der Waals surface area contributed by atoms with E-state index in [-0.39, 0.29) is 18.9 Å². The van der Waals surface area contributed by atoms with Gasteiger partial charge >= 0.3 is 12.1 Å². The second-order valence-electron chi connectivity index (χ2n) is 8.64. The third-order valence-electron chi connectivity index (χ3n) is 5.45. The van der Waals surface area contributed by atoms with Crippen LogP contribution in [0.4, 0.5) is 4.79 Å². The molecule has 2 aromatic rings. The van der Waals surface area contributed by atoms with Gasteiger partial charge in [-0.1, -0.05) is 48.5 Å². The minimum Gasteiger partial charge on any atom is -0.480 e. The maximum Gasteiger partial charge on any atom is 0.407 e. The van der Waals surface area contributed by atoms with Crippen molar-refractivity contribution in [2.75, 3.05) is 6.61 Å². The second kappa shape index (κ2) is 9.40. The van der Waals surface area contributed by atoms with Crippen molar-refractivity contribution in [1.82, 2.24) is 10.6 Å². The number of carbonyl (C=O) groups is 3. The number of fused-ring (bicyclic) bond motifs is 3. The fourth-order valence-corrected chi connectivity index (χ4v) is 3.97. The first-order chi connectivity index (χ1) is 15.1. The number of aliphatic hydroxyl groups is 1. The van der Waals surface area contributed by atoms with E-state index in [0.29, 0.717) is 0 Å². The molecule has 2 amide bonds. The van der Waals surface area contributed by atoms with Gasteiger partial charge in [0.2, 0.25) is 5.91 Å². The van der Waals surface area contributed by atoms with E-state index in [0.717, 1.165) is 22.3 Å². The van der Waals surface area contributed by atoms with Crippen LogP contribution in [0, 0.1) is 0 Å². The molecule has 170 valence electrons. The Hall–Kier alpha value is -3.39. The number of nitrogens with one attached hydrogen (secondary N) is 2. The molecular formula is C24H28N2O6. The summed E-state index contributed by atoms with van der Waals surface area (Å²) in [6.07, 6.45) is -2.11.